The number of carbonyl (C=O) groups excluding carboxylic acids is 1. The van der Waals surface area contributed by atoms with Gasteiger partial charge < -0.3 is 9.64 Å². The van der Waals surface area contributed by atoms with Gasteiger partial charge in [-0.25, -0.2) is 0 Å². The molecular formula is C24H26N2O2S. The van der Waals surface area contributed by atoms with Crippen molar-refractivity contribution in [3.05, 3.63) is 82.6 Å². The summed E-state index contributed by atoms with van der Waals surface area (Å²) in [5.41, 5.74) is 2.24. The molecule has 0 N–H and O–H groups in total. The van der Waals surface area contributed by atoms with E-state index in [9.17, 15) is 4.79 Å². The summed E-state index contributed by atoms with van der Waals surface area (Å²) in [5, 5.41) is 1.97. The molecule has 3 aromatic rings. The molecule has 0 aliphatic carbocycles. The third-order valence-electron chi connectivity index (χ3n) is 5.45. The molecule has 29 heavy (non-hydrogen) atoms. The lowest BCUT2D eigenvalue weighted by Gasteiger charge is -2.38. The van der Waals surface area contributed by atoms with Crippen LogP contribution in [0.15, 0.2) is 72.1 Å². The predicted molar refractivity (Wildman–Crippen MR) is 119 cm³/mol. The first-order valence-corrected chi connectivity index (χ1v) is 10.9. The minimum absolute atomic E-state index is 0.109. The summed E-state index contributed by atoms with van der Waals surface area (Å²) < 4.78 is 5.34. The Labute approximate surface area is 176 Å². The first-order valence-electron chi connectivity index (χ1n) is 10.0. The highest BCUT2D eigenvalue weighted by Gasteiger charge is 2.30. The summed E-state index contributed by atoms with van der Waals surface area (Å²) >= 11 is 1.51. The van der Waals surface area contributed by atoms with Crippen LogP contribution < -0.4 is 9.64 Å². The van der Waals surface area contributed by atoms with Crippen molar-refractivity contribution in [2.45, 2.75) is 25.4 Å². The van der Waals surface area contributed by atoms with E-state index in [-0.39, 0.29) is 11.9 Å². The number of piperidine rings is 1. The third kappa shape index (κ3) is 4.69. The zero-order valence-corrected chi connectivity index (χ0v) is 17.5. The van der Waals surface area contributed by atoms with Gasteiger partial charge in [-0.1, -0.05) is 36.4 Å². The molecule has 2 heterocycles. The number of benzene rings is 2. The van der Waals surface area contributed by atoms with Crippen molar-refractivity contribution in [1.82, 2.24) is 4.90 Å². The number of nitrogens with zero attached hydrogens (tertiary/aromatic N) is 2. The molecule has 1 aliphatic rings. The van der Waals surface area contributed by atoms with E-state index in [1.54, 1.807) is 7.11 Å². The summed E-state index contributed by atoms with van der Waals surface area (Å²) in [6, 6.07) is 22.4. The lowest BCUT2D eigenvalue weighted by molar-refractivity contribution is 0.0962. The molecule has 0 bridgehead atoms. The number of hydrogen-bond acceptors (Lipinski definition) is 4. The van der Waals surface area contributed by atoms with E-state index >= 15 is 0 Å². The zero-order chi connectivity index (χ0) is 20.1. The average Bonchev–Trinajstić information content (AvgIpc) is 3.31. The molecule has 1 aliphatic heterocycles. The van der Waals surface area contributed by atoms with Gasteiger partial charge in [0.1, 0.15) is 5.75 Å². The average molecular weight is 407 g/mol. The molecule has 2 aromatic carbocycles. The van der Waals surface area contributed by atoms with Gasteiger partial charge in [0, 0.05) is 31.4 Å². The van der Waals surface area contributed by atoms with Crippen LogP contribution in [0.5, 0.6) is 5.75 Å². The van der Waals surface area contributed by atoms with Gasteiger partial charge in [0.15, 0.2) is 0 Å². The number of likely N-dealkylation sites (tertiary alicyclic amines) is 1. The minimum Gasteiger partial charge on any atom is -0.497 e. The topological polar surface area (TPSA) is 32.8 Å². The maximum Gasteiger partial charge on any atom is 0.268 e. The molecule has 0 unspecified atom stereocenters. The number of rotatable bonds is 6. The Morgan fingerprint density at radius 3 is 2.55 bits per heavy atom. The molecule has 0 atom stereocenters. The van der Waals surface area contributed by atoms with E-state index in [1.807, 2.05) is 64.9 Å². The van der Waals surface area contributed by atoms with E-state index in [0.717, 1.165) is 48.8 Å². The van der Waals surface area contributed by atoms with Crippen molar-refractivity contribution in [2.24, 2.45) is 0 Å². The molecule has 0 radical (unpaired) electrons. The fourth-order valence-corrected chi connectivity index (χ4v) is 4.63. The van der Waals surface area contributed by atoms with Crippen molar-refractivity contribution in [3.63, 3.8) is 0 Å². The fraction of sp³-hybridized carbons (Fsp3) is 0.292. The highest BCUT2D eigenvalue weighted by atomic mass is 32.1. The Hall–Kier alpha value is -2.63. The van der Waals surface area contributed by atoms with Crippen LogP contribution in [0, 0.1) is 0 Å². The van der Waals surface area contributed by atoms with Gasteiger partial charge in [-0.2, -0.15) is 0 Å². The maximum absolute atomic E-state index is 13.3. The molecule has 1 fully saturated rings. The largest absolute Gasteiger partial charge is 0.497 e. The smallest absolute Gasteiger partial charge is 0.268 e. The summed E-state index contributed by atoms with van der Waals surface area (Å²) in [7, 11) is 1.70. The van der Waals surface area contributed by atoms with Crippen LogP contribution in [-0.4, -0.2) is 37.0 Å². The number of anilines is 1. The predicted octanol–water partition coefficient (Wildman–Crippen LogP) is 5.07. The second-order valence-corrected chi connectivity index (χ2v) is 8.29. The molecule has 150 valence electrons. The zero-order valence-electron chi connectivity index (χ0n) is 16.7. The minimum atomic E-state index is 0.109. The van der Waals surface area contributed by atoms with E-state index in [0.29, 0.717) is 0 Å². The highest BCUT2D eigenvalue weighted by Crippen LogP contribution is 2.27. The molecule has 0 spiro atoms. The van der Waals surface area contributed by atoms with Crippen LogP contribution in [0.1, 0.15) is 28.1 Å². The Morgan fingerprint density at radius 1 is 1.07 bits per heavy atom. The number of ether oxygens (including phenoxy) is 1. The van der Waals surface area contributed by atoms with Crippen molar-refractivity contribution >= 4 is 22.9 Å². The van der Waals surface area contributed by atoms with E-state index in [4.69, 9.17) is 4.74 Å². The van der Waals surface area contributed by atoms with Crippen LogP contribution in [0.25, 0.3) is 0 Å². The van der Waals surface area contributed by atoms with E-state index in [1.165, 1.54) is 16.9 Å². The van der Waals surface area contributed by atoms with E-state index in [2.05, 4.69) is 17.0 Å². The number of hydrogen-bond donors (Lipinski definition) is 0. The van der Waals surface area contributed by atoms with Gasteiger partial charge in [0.25, 0.3) is 5.91 Å². The lowest BCUT2D eigenvalue weighted by Crippen LogP contribution is -2.47. The van der Waals surface area contributed by atoms with Gasteiger partial charge in [-0.05, 0) is 54.1 Å². The van der Waals surface area contributed by atoms with Crippen LogP contribution in [0.2, 0.25) is 0 Å². The lowest BCUT2D eigenvalue weighted by atomic mass is 10.0. The van der Waals surface area contributed by atoms with Gasteiger partial charge in [0.05, 0.1) is 12.0 Å². The summed E-state index contributed by atoms with van der Waals surface area (Å²) in [6.07, 6.45) is 1.94. The van der Waals surface area contributed by atoms with Crippen molar-refractivity contribution < 1.29 is 9.53 Å². The van der Waals surface area contributed by atoms with Crippen LogP contribution in [0.3, 0.4) is 0 Å². The summed E-state index contributed by atoms with van der Waals surface area (Å²) in [6.45, 7) is 2.86. The van der Waals surface area contributed by atoms with Crippen molar-refractivity contribution in [3.8, 4) is 5.75 Å². The number of carbonyl (C=O) groups is 1. The quantitative estimate of drug-likeness (QED) is 0.573. The molecular weight excluding hydrogens is 380 g/mol. The molecule has 0 saturated carbocycles. The SMILES string of the molecule is COc1cccc(CN2CCC(N(C(=O)c3cccs3)c3ccccc3)CC2)c1. The number of thiophene rings is 1. The Balaban J connectivity index is 1.46. The van der Waals surface area contributed by atoms with Crippen LogP contribution in [0.4, 0.5) is 5.69 Å². The third-order valence-corrected chi connectivity index (χ3v) is 6.31. The van der Waals surface area contributed by atoms with Gasteiger partial charge >= 0.3 is 0 Å². The molecule has 4 nitrogen and oxygen atoms in total. The Kier molecular flexibility index (Phi) is 6.27. The second-order valence-electron chi connectivity index (χ2n) is 7.35. The molecule has 1 aromatic heterocycles. The fourth-order valence-electron chi connectivity index (χ4n) is 3.97. The summed E-state index contributed by atoms with van der Waals surface area (Å²) in [5.74, 6) is 1.01. The maximum atomic E-state index is 13.3. The first kappa shape index (κ1) is 19.7. The van der Waals surface area contributed by atoms with Crippen molar-refractivity contribution in [2.75, 3.05) is 25.1 Å². The molecule has 5 heteroatoms. The highest BCUT2D eigenvalue weighted by molar-refractivity contribution is 7.12. The van der Waals surface area contributed by atoms with Gasteiger partial charge in [0.2, 0.25) is 0 Å². The Bertz CT molecular complexity index is 919. The van der Waals surface area contributed by atoms with Crippen LogP contribution >= 0.6 is 11.3 Å². The normalized spacial score (nSPS) is 15.2. The number of para-hydroxylation sites is 1. The number of amides is 1. The van der Waals surface area contributed by atoms with Crippen molar-refractivity contribution in [1.29, 1.82) is 0 Å². The van der Waals surface area contributed by atoms with Crippen LogP contribution in [-0.2, 0) is 6.54 Å². The van der Waals surface area contributed by atoms with E-state index < -0.39 is 0 Å². The molecule has 1 saturated heterocycles. The first-order chi connectivity index (χ1) is 14.2. The molecule has 4 rings (SSSR count). The molecule has 1 amide bonds. The van der Waals surface area contributed by atoms with Gasteiger partial charge in [-0.15, -0.1) is 11.3 Å². The summed E-state index contributed by atoms with van der Waals surface area (Å²) in [4.78, 5) is 18.5. The second kappa shape index (κ2) is 9.25. The Morgan fingerprint density at radius 2 is 1.86 bits per heavy atom. The monoisotopic (exact) mass is 406 g/mol. The number of methoxy groups -OCH3 is 1. The standard InChI is InChI=1S/C24H26N2O2S/c1-28-22-10-5-7-19(17-22)18-25-14-12-21(13-15-25)26(20-8-3-2-4-9-20)24(27)23-11-6-16-29-23/h2-11,16-17,21H,12-15,18H2,1H3. The van der Waals surface area contributed by atoms with Gasteiger partial charge in [-0.3, -0.25) is 9.69 Å².